The van der Waals surface area contributed by atoms with Crippen molar-refractivity contribution in [1.82, 2.24) is 9.80 Å². The van der Waals surface area contributed by atoms with Gasteiger partial charge in [-0.25, -0.2) is 0 Å². The van der Waals surface area contributed by atoms with Gasteiger partial charge in [0.25, 0.3) is 0 Å². The summed E-state index contributed by atoms with van der Waals surface area (Å²) in [6.07, 6.45) is 1.13. The van der Waals surface area contributed by atoms with Gasteiger partial charge in [-0.3, -0.25) is 9.59 Å². The SMILES string of the molecule is CN1C(=O)[C@H]2COC[C@@H]1CN(C(=O)CCc1ccc(Cl)cc1)C2. The van der Waals surface area contributed by atoms with Gasteiger partial charge >= 0.3 is 0 Å². The fraction of sp³-hybridized carbons (Fsp3) is 0.529. The minimum absolute atomic E-state index is 0.0468. The zero-order chi connectivity index (χ0) is 16.4. The van der Waals surface area contributed by atoms with Crippen LogP contribution >= 0.6 is 11.6 Å². The van der Waals surface area contributed by atoms with Crippen LogP contribution in [-0.2, 0) is 20.7 Å². The predicted octanol–water partition coefficient (Wildman–Crippen LogP) is 1.59. The maximum Gasteiger partial charge on any atom is 0.229 e. The number of amides is 2. The number of ether oxygens (including phenoxy) is 1. The molecule has 1 aromatic rings. The van der Waals surface area contributed by atoms with Gasteiger partial charge in [-0.05, 0) is 24.1 Å². The van der Waals surface area contributed by atoms with Crippen molar-refractivity contribution < 1.29 is 14.3 Å². The molecule has 0 N–H and O–H groups in total. The lowest BCUT2D eigenvalue weighted by molar-refractivity contribution is -0.134. The monoisotopic (exact) mass is 336 g/mol. The van der Waals surface area contributed by atoms with Crippen molar-refractivity contribution in [3.63, 3.8) is 0 Å². The number of halogens is 1. The van der Waals surface area contributed by atoms with Crippen LogP contribution in [-0.4, -0.2) is 61.0 Å². The summed E-state index contributed by atoms with van der Waals surface area (Å²) in [5, 5.41) is 0.696. The number of hydrogen-bond donors (Lipinski definition) is 0. The lowest BCUT2D eigenvalue weighted by Crippen LogP contribution is -2.45. The zero-order valence-corrected chi connectivity index (χ0v) is 14.0. The van der Waals surface area contributed by atoms with E-state index in [2.05, 4.69) is 0 Å². The molecule has 5 nitrogen and oxygen atoms in total. The minimum atomic E-state index is -0.244. The molecular formula is C17H21ClN2O3. The summed E-state index contributed by atoms with van der Waals surface area (Å²) in [7, 11) is 1.80. The van der Waals surface area contributed by atoms with Crippen LogP contribution in [0.3, 0.4) is 0 Å². The van der Waals surface area contributed by atoms with Crippen molar-refractivity contribution in [3.05, 3.63) is 34.9 Å². The third kappa shape index (κ3) is 3.67. The third-order valence-corrected chi connectivity index (χ3v) is 4.89. The van der Waals surface area contributed by atoms with Crippen molar-refractivity contribution in [2.45, 2.75) is 18.9 Å². The highest BCUT2D eigenvalue weighted by Crippen LogP contribution is 2.20. The molecule has 0 aliphatic carbocycles. The van der Waals surface area contributed by atoms with Crippen LogP contribution < -0.4 is 0 Å². The fourth-order valence-corrected chi connectivity index (χ4v) is 3.29. The Labute approximate surface area is 141 Å². The number of rotatable bonds is 3. The average Bonchev–Trinajstić information content (AvgIpc) is 2.72. The Morgan fingerprint density at radius 2 is 2.00 bits per heavy atom. The Morgan fingerprint density at radius 1 is 1.26 bits per heavy atom. The van der Waals surface area contributed by atoms with E-state index in [-0.39, 0.29) is 23.8 Å². The van der Waals surface area contributed by atoms with Crippen LogP contribution in [0.4, 0.5) is 0 Å². The van der Waals surface area contributed by atoms with Gasteiger partial charge in [0.1, 0.15) is 0 Å². The summed E-state index contributed by atoms with van der Waals surface area (Å²) >= 11 is 5.87. The van der Waals surface area contributed by atoms with E-state index in [9.17, 15) is 9.59 Å². The van der Waals surface area contributed by atoms with E-state index < -0.39 is 0 Å². The molecule has 124 valence electrons. The number of likely N-dealkylation sites (N-methyl/N-ethyl adjacent to an activating group) is 1. The largest absolute Gasteiger partial charge is 0.378 e. The second-order valence-corrected chi connectivity index (χ2v) is 6.70. The number of fused-ring (bicyclic) bond motifs is 3. The normalized spacial score (nSPS) is 24.5. The standard InChI is InChI=1S/C17H21ClN2O3/c1-19-15-9-20(8-13(17(19)22)10-23-11-15)16(21)7-4-12-2-5-14(18)6-3-12/h2-3,5-6,13,15H,4,7-11H2,1H3/t13-,15+/m1/s1. The summed E-state index contributed by atoms with van der Waals surface area (Å²) in [6, 6.07) is 7.51. The lowest BCUT2D eigenvalue weighted by Gasteiger charge is -2.29. The lowest BCUT2D eigenvalue weighted by atomic mass is 10.1. The van der Waals surface area contributed by atoms with Crippen molar-refractivity contribution in [1.29, 1.82) is 0 Å². The van der Waals surface area contributed by atoms with Gasteiger partial charge in [0, 0.05) is 31.6 Å². The summed E-state index contributed by atoms with van der Waals surface area (Å²) in [5.74, 6) is -0.0626. The van der Waals surface area contributed by atoms with E-state index in [1.54, 1.807) is 11.9 Å². The number of hydrogen-bond acceptors (Lipinski definition) is 3. The van der Waals surface area contributed by atoms with Gasteiger partial charge in [-0.1, -0.05) is 23.7 Å². The van der Waals surface area contributed by atoms with E-state index in [0.29, 0.717) is 44.2 Å². The second-order valence-electron chi connectivity index (χ2n) is 6.26. The average molecular weight is 337 g/mol. The number of carbonyl (C=O) groups excluding carboxylic acids is 2. The molecular weight excluding hydrogens is 316 g/mol. The summed E-state index contributed by atoms with van der Waals surface area (Å²) in [5.41, 5.74) is 1.09. The van der Waals surface area contributed by atoms with Gasteiger partial charge in [0.2, 0.25) is 11.8 Å². The quantitative estimate of drug-likeness (QED) is 0.842. The Kier molecular flexibility index (Phi) is 4.87. The van der Waals surface area contributed by atoms with Crippen LogP contribution in [0.2, 0.25) is 5.02 Å². The molecule has 1 aromatic carbocycles. The Bertz CT molecular complexity index is 590. The molecule has 0 spiro atoms. The summed E-state index contributed by atoms with van der Waals surface area (Å²) in [4.78, 5) is 28.4. The molecule has 2 atom stereocenters. The first-order valence-corrected chi connectivity index (χ1v) is 8.29. The molecule has 2 aliphatic heterocycles. The topological polar surface area (TPSA) is 49.9 Å². The van der Waals surface area contributed by atoms with Crippen LogP contribution in [0.15, 0.2) is 24.3 Å². The molecule has 2 fully saturated rings. The van der Waals surface area contributed by atoms with E-state index in [0.717, 1.165) is 5.56 Å². The second kappa shape index (κ2) is 6.89. The Balaban J connectivity index is 1.63. The molecule has 0 aromatic heterocycles. The first-order chi connectivity index (χ1) is 11.0. The number of benzene rings is 1. The Hall–Kier alpha value is -1.59. The fourth-order valence-electron chi connectivity index (χ4n) is 3.16. The van der Waals surface area contributed by atoms with E-state index in [4.69, 9.17) is 16.3 Å². The van der Waals surface area contributed by atoms with Crippen LogP contribution in [0, 0.1) is 5.92 Å². The number of carbonyl (C=O) groups is 2. The molecule has 2 saturated heterocycles. The van der Waals surface area contributed by atoms with Crippen molar-refractivity contribution >= 4 is 23.4 Å². The van der Waals surface area contributed by atoms with Gasteiger partial charge < -0.3 is 14.5 Å². The Morgan fingerprint density at radius 3 is 2.74 bits per heavy atom. The molecule has 2 bridgehead atoms. The maximum absolute atomic E-state index is 12.6. The highest BCUT2D eigenvalue weighted by molar-refractivity contribution is 6.30. The van der Waals surface area contributed by atoms with Crippen molar-refractivity contribution in [2.75, 3.05) is 33.4 Å². The van der Waals surface area contributed by atoms with Gasteiger partial charge in [-0.15, -0.1) is 0 Å². The first kappa shape index (κ1) is 16.3. The van der Waals surface area contributed by atoms with Crippen LogP contribution in [0.5, 0.6) is 0 Å². The van der Waals surface area contributed by atoms with Crippen molar-refractivity contribution in [3.8, 4) is 0 Å². The molecule has 0 unspecified atom stereocenters. The molecule has 2 amide bonds. The van der Waals surface area contributed by atoms with Gasteiger partial charge in [0.05, 0.1) is 25.2 Å². The van der Waals surface area contributed by atoms with Crippen LogP contribution in [0.1, 0.15) is 12.0 Å². The van der Waals surface area contributed by atoms with Gasteiger partial charge in [0.15, 0.2) is 0 Å². The van der Waals surface area contributed by atoms with Gasteiger partial charge in [-0.2, -0.15) is 0 Å². The molecule has 0 radical (unpaired) electrons. The molecule has 2 heterocycles. The van der Waals surface area contributed by atoms with E-state index >= 15 is 0 Å². The van der Waals surface area contributed by atoms with E-state index in [1.807, 2.05) is 29.2 Å². The minimum Gasteiger partial charge on any atom is -0.378 e. The smallest absolute Gasteiger partial charge is 0.229 e. The highest BCUT2D eigenvalue weighted by Gasteiger charge is 2.38. The first-order valence-electron chi connectivity index (χ1n) is 7.91. The molecule has 0 saturated carbocycles. The van der Waals surface area contributed by atoms with Crippen molar-refractivity contribution in [2.24, 2.45) is 5.92 Å². The molecule has 6 heteroatoms. The molecule has 2 aliphatic rings. The van der Waals surface area contributed by atoms with E-state index in [1.165, 1.54) is 0 Å². The van der Waals surface area contributed by atoms with Crippen LogP contribution in [0.25, 0.3) is 0 Å². The maximum atomic E-state index is 12.6. The number of nitrogens with zero attached hydrogens (tertiary/aromatic N) is 2. The summed E-state index contributed by atoms with van der Waals surface area (Å²) < 4.78 is 5.56. The predicted molar refractivity (Wildman–Crippen MR) is 87.2 cm³/mol. The molecule has 3 rings (SSSR count). The zero-order valence-electron chi connectivity index (χ0n) is 13.2. The molecule has 23 heavy (non-hydrogen) atoms. The third-order valence-electron chi connectivity index (χ3n) is 4.64. The number of aryl methyl sites for hydroxylation is 1. The summed E-state index contributed by atoms with van der Waals surface area (Å²) in [6.45, 7) is 1.91. The highest BCUT2D eigenvalue weighted by atomic mass is 35.5.